The lowest BCUT2D eigenvalue weighted by Gasteiger charge is -2.07. The van der Waals surface area contributed by atoms with Crippen molar-refractivity contribution in [3.8, 4) is 0 Å². The molecule has 0 aliphatic heterocycles. The van der Waals surface area contributed by atoms with Gasteiger partial charge in [-0.15, -0.1) is 0 Å². The van der Waals surface area contributed by atoms with Crippen LogP contribution in [0.5, 0.6) is 0 Å². The highest BCUT2D eigenvalue weighted by atomic mass is 19.1. The SMILES string of the molecule is CCc1ccccc1C(=O)c1cc(F)cc(F)c1. The molecule has 0 spiro atoms. The van der Waals surface area contributed by atoms with Gasteiger partial charge in [-0.25, -0.2) is 8.78 Å². The molecule has 0 atom stereocenters. The van der Waals surface area contributed by atoms with Crippen LogP contribution in [-0.2, 0) is 6.42 Å². The third-order valence-electron chi connectivity index (χ3n) is 2.77. The molecular formula is C15H12F2O. The second-order valence-corrected chi connectivity index (χ2v) is 4.00. The maximum atomic E-state index is 13.1. The fraction of sp³-hybridized carbons (Fsp3) is 0.133. The topological polar surface area (TPSA) is 17.1 Å². The molecule has 1 nitrogen and oxygen atoms in total. The number of carbonyl (C=O) groups is 1. The summed E-state index contributed by atoms with van der Waals surface area (Å²) >= 11 is 0. The zero-order valence-electron chi connectivity index (χ0n) is 9.91. The molecular weight excluding hydrogens is 234 g/mol. The van der Waals surface area contributed by atoms with E-state index in [2.05, 4.69) is 0 Å². The summed E-state index contributed by atoms with van der Waals surface area (Å²) in [4.78, 5) is 12.2. The zero-order chi connectivity index (χ0) is 13.1. The fourth-order valence-electron chi connectivity index (χ4n) is 1.89. The summed E-state index contributed by atoms with van der Waals surface area (Å²) in [5.41, 5.74) is 1.39. The van der Waals surface area contributed by atoms with E-state index in [0.29, 0.717) is 12.0 Å². The van der Waals surface area contributed by atoms with E-state index in [1.54, 1.807) is 12.1 Å². The Balaban J connectivity index is 2.47. The van der Waals surface area contributed by atoms with Gasteiger partial charge in [0.15, 0.2) is 5.78 Å². The van der Waals surface area contributed by atoms with E-state index in [0.717, 1.165) is 23.8 Å². The highest BCUT2D eigenvalue weighted by molar-refractivity contribution is 6.09. The number of halogens is 2. The molecule has 0 bridgehead atoms. The van der Waals surface area contributed by atoms with Crippen LogP contribution >= 0.6 is 0 Å². The van der Waals surface area contributed by atoms with Crippen molar-refractivity contribution in [2.75, 3.05) is 0 Å². The minimum Gasteiger partial charge on any atom is -0.289 e. The Labute approximate surface area is 104 Å². The molecule has 3 heteroatoms. The molecule has 2 aromatic carbocycles. The van der Waals surface area contributed by atoms with Crippen LogP contribution < -0.4 is 0 Å². The van der Waals surface area contributed by atoms with Crippen LogP contribution in [0.3, 0.4) is 0 Å². The van der Waals surface area contributed by atoms with E-state index in [-0.39, 0.29) is 11.3 Å². The van der Waals surface area contributed by atoms with Gasteiger partial charge < -0.3 is 0 Å². The maximum absolute atomic E-state index is 13.1. The van der Waals surface area contributed by atoms with E-state index < -0.39 is 11.6 Å². The summed E-state index contributed by atoms with van der Waals surface area (Å²) in [6, 6.07) is 9.94. The van der Waals surface area contributed by atoms with E-state index in [9.17, 15) is 13.6 Å². The standard InChI is InChI=1S/C15H12F2O/c1-2-10-5-3-4-6-14(10)15(18)11-7-12(16)9-13(17)8-11/h3-9H,2H2,1H3. The largest absolute Gasteiger partial charge is 0.289 e. The van der Waals surface area contributed by atoms with E-state index in [1.165, 1.54) is 0 Å². The van der Waals surface area contributed by atoms with Crippen molar-refractivity contribution in [2.45, 2.75) is 13.3 Å². The Hall–Kier alpha value is -2.03. The predicted octanol–water partition coefficient (Wildman–Crippen LogP) is 3.76. The van der Waals surface area contributed by atoms with Crippen molar-refractivity contribution in [3.05, 3.63) is 70.8 Å². The monoisotopic (exact) mass is 246 g/mol. The maximum Gasteiger partial charge on any atom is 0.193 e. The first-order chi connectivity index (χ1) is 8.61. The van der Waals surface area contributed by atoms with Crippen molar-refractivity contribution in [2.24, 2.45) is 0 Å². The summed E-state index contributed by atoms with van der Waals surface area (Å²) < 4.78 is 26.2. The Morgan fingerprint density at radius 2 is 1.67 bits per heavy atom. The summed E-state index contributed by atoms with van der Waals surface area (Å²) in [5, 5.41) is 0. The molecule has 0 unspecified atom stereocenters. The van der Waals surface area contributed by atoms with Crippen molar-refractivity contribution < 1.29 is 13.6 Å². The molecule has 18 heavy (non-hydrogen) atoms. The molecule has 0 aliphatic rings. The highest BCUT2D eigenvalue weighted by Crippen LogP contribution is 2.17. The number of carbonyl (C=O) groups excluding carboxylic acids is 1. The van der Waals surface area contributed by atoms with E-state index >= 15 is 0 Å². The first-order valence-electron chi connectivity index (χ1n) is 5.70. The summed E-state index contributed by atoms with van der Waals surface area (Å²) in [6.07, 6.45) is 0.694. The molecule has 0 aliphatic carbocycles. The summed E-state index contributed by atoms with van der Waals surface area (Å²) in [7, 11) is 0. The van der Waals surface area contributed by atoms with Crippen LogP contribution in [0.2, 0.25) is 0 Å². The summed E-state index contributed by atoms with van der Waals surface area (Å²) in [6.45, 7) is 1.93. The number of aryl methyl sites for hydroxylation is 1. The van der Waals surface area contributed by atoms with Gasteiger partial charge >= 0.3 is 0 Å². The van der Waals surface area contributed by atoms with Crippen molar-refractivity contribution in [1.29, 1.82) is 0 Å². The lowest BCUT2D eigenvalue weighted by molar-refractivity contribution is 0.103. The minimum absolute atomic E-state index is 0.0356. The highest BCUT2D eigenvalue weighted by Gasteiger charge is 2.14. The van der Waals surface area contributed by atoms with Crippen LogP contribution in [0.4, 0.5) is 8.78 Å². The molecule has 0 aromatic heterocycles. The molecule has 2 aromatic rings. The van der Waals surface area contributed by atoms with E-state index in [1.807, 2.05) is 19.1 Å². The van der Waals surface area contributed by atoms with Gasteiger partial charge in [0.25, 0.3) is 0 Å². The zero-order valence-corrected chi connectivity index (χ0v) is 9.91. The lowest BCUT2D eigenvalue weighted by Crippen LogP contribution is -2.06. The van der Waals surface area contributed by atoms with Gasteiger partial charge in [0.2, 0.25) is 0 Å². The molecule has 2 rings (SSSR count). The van der Waals surface area contributed by atoms with Crippen LogP contribution in [0.15, 0.2) is 42.5 Å². The Morgan fingerprint density at radius 3 is 2.28 bits per heavy atom. The third kappa shape index (κ3) is 2.45. The van der Waals surface area contributed by atoms with E-state index in [4.69, 9.17) is 0 Å². The first kappa shape index (κ1) is 12.4. The van der Waals surface area contributed by atoms with Crippen molar-refractivity contribution >= 4 is 5.78 Å². The van der Waals surface area contributed by atoms with Gasteiger partial charge in [-0.1, -0.05) is 31.2 Å². The number of hydrogen-bond acceptors (Lipinski definition) is 1. The number of ketones is 1. The number of rotatable bonds is 3. The van der Waals surface area contributed by atoms with Gasteiger partial charge in [0.1, 0.15) is 11.6 Å². The summed E-state index contributed by atoms with van der Waals surface area (Å²) in [5.74, 6) is -1.84. The normalized spacial score (nSPS) is 10.4. The Kier molecular flexibility index (Phi) is 3.51. The first-order valence-corrected chi connectivity index (χ1v) is 5.70. The third-order valence-corrected chi connectivity index (χ3v) is 2.77. The van der Waals surface area contributed by atoms with Gasteiger partial charge in [-0.3, -0.25) is 4.79 Å². The second kappa shape index (κ2) is 5.08. The Morgan fingerprint density at radius 1 is 1.06 bits per heavy atom. The predicted molar refractivity (Wildman–Crippen MR) is 65.6 cm³/mol. The quantitative estimate of drug-likeness (QED) is 0.754. The van der Waals surface area contributed by atoms with Gasteiger partial charge in [-0.05, 0) is 24.1 Å². The molecule has 0 saturated carbocycles. The molecule has 0 amide bonds. The molecule has 0 fully saturated rings. The van der Waals surface area contributed by atoms with Crippen molar-refractivity contribution in [3.63, 3.8) is 0 Å². The fourth-order valence-corrected chi connectivity index (χ4v) is 1.89. The smallest absolute Gasteiger partial charge is 0.193 e. The molecule has 0 N–H and O–H groups in total. The minimum atomic E-state index is -0.743. The van der Waals surface area contributed by atoms with Crippen LogP contribution in [0, 0.1) is 11.6 Å². The van der Waals surface area contributed by atoms with Crippen LogP contribution in [0.25, 0.3) is 0 Å². The molecule has 0 heterocycles. The molecule has 92 valence electrons. The average molecular weight is 246 g/mol. The lowest BCUT2D eigenvalue weighted by atomic mass is 9.97. The van der Waals surface area contributed by atoms with Gasteiger partial charge in [0.05, 0.1) is 0 Å². The van der Waals surface area contributed by atoms with Crippen molar-refractivity contribution in [1.82, 2.24) is 0 Å². The van der Waals surface area contributed by atoms with Crippen LogP contribution in [-0.4, -0.2) is 5.78 Å². The Bertz CT molecular complexity index is 571. The molecule has 0 radical (unpaired) electrons. The average Bonchev–Trinajstić information content (AvgIpc) is 2.36. The molecule has 0 saturated heterocycles. The van der Waals surface area contributed by atoms with Crippen LogP contribution in [0.1, 0.15) is 28.4 Å². The second-order valence-electron chi connectivity index (χ2n) is 4.00. The number of hydrogen-bond donors (Lipinski definition) is 0. The number of benzene rings is 2. The van der Waals surface area contributed by atoms with Gasteiger partial charge in [0, 0.05) is 17.2 Å². The van der Waals surface area contributed by atoms with Gasteiger partial charge in [-0.2, -0.15) is 0 Å².